The third-order valence-corrected chi connectivity index (χ3v) is 2.79. The maximum atomic E-state index is 13.4. The lowest BCUT2D eigenvalue weighted by atomic mass is 10.2. The summed E-state index contributed by atoms with van der Waals surface area (Å²) in [7, 11) is 0. The maximum Gasteiger partial charge on any atom is 0.405 e. The van der Waals surface area contributed by atoms with Crippen molar-refractivity contribution in [2.24, 2.45) is 0 Å². The Morgan fingerprint density at radius 3 is 2.47 bits per heavy atom. The average Bonchev–Trinajstić information content (AvgIpc) is 3.07. The van der Waals surface area contributed by atoms with Gasteiger partial charge in [0.15, 0.2) is 0 Å². The van der Waals surface area contributed by atoms with Gasteiger partial charge in [0, 0.05) is 6.04 Å². The van der Waals surface area contributed by atoms with Gasteiger partial charge in [-0.25, -0.2) is 0 Å². The molecule has 0 heterocycles. The second-order valence-electron chi connectivity index (χ2n) is 4.34. The third kappa shape index (κ3) is 3.12. The van der Waals surface area contributed by atoms with Crippen molar-refractivity contribution in [2.75, 3.05) is 11.4 Å². The van der Waals surface area contributed by atoms with Crippen LogP contribution >= 0.6 is 0 Å². The summed E-state index contributed by atoms with van der Waals surface area (Å²) in [5.74, 6) is -1.13. The lowest BCUT2D eigenvalue weighted by Crippen LogP contribution is -2.36. The van der Waals surface area contributed by atoms with Crippen molar-refractivity contribution in [3.63, 3.8) is 0 Å². The molecule has 0 radical (unpaired) electrons. The fourth-order valence-corrected chi connectivity index (χ4v) is 1.91. The summed E-state index contributed by atoms with van der Waals surface area (Å²) in [6, 6.07) is 2.76. The van der Waals surface area contributed by atoms with Crippen LogP contribution in [0.1, 0.15) is 12.8 Å². The Kier molecular flexibility index (Phi) is 3.34. The standard InChI is InChI=1S/C11H10F4N2O2/c12-8-2-1-3-9(10(8)17(18)19)16(7-4-5-7)6-11(13,14)15/h1-3,7H,4-6H2. The van der Waals surface area contributed by atoms with Crippen LogP contribution in [0.25, 0.3) is 0 Å². The van der Waals surface area contributed by atoms with Gasteiger partial charge in [-0.2, -0.15) is 17.6 Å². The first-order valence-corrected chi connectivity index (χ1v) is 5.56. The van der Waals surface area contributed by atoms with Gasteiger partial charge in [0.05, 0.1) is 4.92 Å². The number of nitro groups is 1. The van der Waals surface area contributed by atoms with E-state index in [0.717, 1.165) is 17.0 Å². The van der Waals surface area contributed by atoms with Crippen molar-refractivity contribution >= 4 is 11.4 Å². The lowest BCUT2D eigenvalue weighted by molar-refractivity contribution is -0.386. The molecule has 1 aromatic rings. The Labute approximate surface area is 105 Å². The number of benzene rings is 1. The molecule has 0 atom stereocenters. The van der Waals surface area contributed by atoms with E-state index in [1.165, 1.54) is 6.07 Å². The average molecular weight is 278 g/mol. The largest absolute Gasteiger partial charge is 0.405 e. The molecule has 104 valence electrons. The van der Waals surface area contributed by atoms with Gasteiger partial charge in [-0.15, -0.1) is 0 Å². The molecule has 0 saturated heterocycles. The van der Waals surface area contributed by atoms with E-state index in [4.69, 9.17) is 0 Å². The van der Waals surface area contributed by atoms with Crippen LogP contribution in [-0.4, -0.2) is 23.7 Å². The fraction of sp³-hybridized carbons (Fsp3) is 0.455. The van der Waals surface area contributed by atoms with Crippen LogP contribution in [0.2, 0.25) is 0 Å². The first-order chi connectivity index (χ1) is 8.79. The minimum atomic E-state index is -4.50. The van der Waals surface area contributed by atoms with E-state index in [-0.39, 0.29) is 5.69 Å². The van der Waals surface area contributed by atoms with Crippen LogP contribution in [0.5, 0.6) is 0 Å². The lowest BCUT2D eigenvalue weighted by Gasteiger charge is -2.25. The second kappa shape index (κ2) is 4.67. The highest BCUT2D eigenvalue weighted by Crippen LogP contribution is 2.39. The molecule has 1 saturated carbocycles. The van der Waals surface area contributed by atoms with E-state index < -0.39 is 35.2 Å². The number of alkyl halides is 3. The summed E-state index contributed by atoms with van der Waals surface area (Å²) in [5.41, 5.74) is -1.22. The zero-order chi connectivity index (χ0) is 14.2. The molecule has 1 aliphatic rings. The number of rotatable bonds is 4. The molecular weight excluding hydrogens is 268 g/mol. The number of nitrogens with zero attached hydrogens (tertiary/aromatic N) is 2. The van der Waals surface area contributed by atoms with Gasteiger partial charge in [-0.1, -0.05) is 6.07 Å². The first kappa shape index (κ1) is 13.6. The van der Waals surface area contributed by atoms with Crippen molar-refractivity contribution < 1.29 is 22.5 Å². The summed E-state index contributed by atoms with van der Waals surface area (Å²) >= 11 is 0. The van der Waals surface area contributed by atoms with E-state index in [1.807, 2.05) is 0 Å². The molecule has 2 rings (SSSR count). The van der Waals surface area contributed by atoms with Crippen molar-refractivity contribution in [3.05, 3.63) is 34.1 Å². The smallest absolute Gasteiger partial charge is 0.354 e. The zero-order valence-corrected chi connectivity index (χ0v) is 9.65. The third-order valence-electron chi connectivity index (χ3n) is 2.79. The topological polar surface area (TPSA) is 46.4 Å². The fourth-order valence-electron chi connectivity index (χ4n) is 1.91. The summed E-state index contributed by atoms with van der Waals surface area (Å²) in [4.78, 5) is 10.7. The van der Waals surface area contributed by atoms with Crippen LogP contribution in [0.15, 0.2) is 18.2 Å². The number of anilines is 1. The highest BCUT2D eigenvalue weighted by molar-refractivity contribution is 5.65. The van der Waals surface area contributed by atoms with Gasteiger partial charge < -0.3 is 4.90 Å². The van der Waals surface area contributed by atoms with Crippen LogP contribution in [0, 0.1) is 15.9 Å². The highest BCUT2D eigenvalue weighted by Gasteiger charge is 2.41. The van der Waals surface area contributed by atoms with E-state index >= 15 is 0 Å². The number of hydrogen-bond acceptors (Lipinski definition) is 3. The monoisotopic (exact) mass is 278 g/mol. The van der Waals surface area contributed by atoms with E-state index in [0.29, 0.717) is 12.8 Å². The Morgan fingerprint density at radius 2 is 2.00 bits per heavy atom. The van der Waals surface area contributed by atoms with Gasteiger partial charge in [-0.3, -0.25) is 10.1 Å². The molecular formula is C11H10F4N2O2. The summed E-state index contributed by atoms with van der Waals surface area (Å²) in [6.07, 6.45) is -3.46. The first-order valence-electron chi connectivity index (χ1n) is 5.56. The molecule has 0 unspecified atom stereocenters. The minimum absolute atomic E-state index is 0.315. The number of hydrogen-bond donors (Lipinski definition) is 0. The van der Waals surface area contributed by atoms with Gasteiger partial charge in [-0.05, 0) is 25.0 Å². The molecule has 4 nitrogen and oxygen atoms in total. The van der Waals surface area contributed by atoms with E-state index in [1.54, 1.807) is 0 Å². The highest BCUT2D eigenvalue weighted by atomic mass is 19.4. The summed E-state index contributed by atoms with van der Waals surface area (Å²) in [5, 5.41) is 10.8. The molecule has 1 aromatic carbocycles. The van der Waals surface area contributed by atoms with Crippen molar-refractivity contribution in [3.8, 4) is 0 Å². The van der Waals surface area contributed by atoms with Crippen molar-refractivity contribution in [2.45, 2.75) is 25.1 Å². The maximum absolute atomic E-state index is 13.4. The molecule has 0 aromatic heterocycles. The SMILES string of the molecule is O=[N+]([O-])c1c(F)cccc1N(CC(F)(F)F)C1CC1. The van der Waals surface area contributed by atoms with Gasteiger partial charge in [0.2, 0.25) is 5.82 Å². The number of halogens is 4. The summed E-state index contributed by atoms with van der Waals surface area (Å²) < 4.78 is 51.0. The van der Waals surface area contributed by atoms with Gasteiger partial charge >= 0.3 is 11.9 Å². The van der Waals surface area contributed by atoms with Crippen molar-refractivity contribution in [1.82, 2.24) is 0 Å². The number of nitro benzene ring substituents is 1. The summed E-state index contributed by atoms with van der Waals surface area (Å²) in [6.45, 7) is -1.32. The predicted molar refractivity (Wildman–Crippen MR) is 59.5 cm³/mol. The Hall–Kier alpha value is -1.86. The van der Waals surface area contributed by atoms with E-state index in [2.05, 4.69) is 0 Å². The normalized spacial score (nSPS) is 15.4. The Morgan fingerprint density at radius 1 is 1.37 bits per heavy atom. The van der Waals surface area contributed by atoms with Gasteiger partial charge in [0.1, 0.15) is 12.2 Å². The molecule has 0 spiro atoms. The molecule has 0 N–H and O–H groups in total. The van der Waals surface area contributed by atoms with Crippen LogP contribution < -0.4 is 4.90 Å². The number of para-hydroxylation sites is 1. The van der Waals surface area contributed by atoms with Gasteiger partial charge in [0.25, 0.3) is 0 Å². The Bertz CT molecular complexity index is 500. The minimum Gasteiger partial charge on any atom is -0.354 e. The molecule has 8 heteroatoms. The second-order valence-corrected chi connectivity index (χ2v) is 4.34. The zero-order valence-electron chi connectivity index (χ0n) is 9.65. The van der Waals surface area contributed by atoms with Crippen LogP contribution in [0.3, 0.4) is 0 Å². The molecule has 1 aliphatic carbocycles. The molecule has 1 fully saturated rings. The molecule has 0 bridgehead atoms. The molecule has 0 aliphatic heterocycles. The van der Waals surface area contributed by atoms with E-state index in [9.17, 15) is 27.7 Å². The van der Waals surface area contributed by atoms with Crippen LogP contribution in [0.4, 0.5) is 28.9 Å². The molecule has 19 heavy (non-hydrogen) atoms. The quantitative estimate of drug-likeness (QED) is 0.482. The molecule has 0 amide bonds. The van der Waals surface area contributed by atoms with Crippen LogP contribution in [-0.2, 0) is 0 Å². The van der Waals surface area contributed by atoms with Crippen molar-refractivity contribution in [1.29, 1.82) is 0 Å². The Balaban J connectivity index is 2.42. The predicted octanol–water partition coefficient (Wildman–Crippen LogP) is 3.27.